The Hall–Kier alpha value is -0.100. The van der Waals surface area contributed by atoms with Crippen LogP contribution in [-0.2, 0) is 16.3 Å². The molecule has 0 aliphatic carbocycles. The van der Waals surface area contributed by atoms with E-state index >= 15 is 0 Å². The van der Waals surface area contributed by atoms with E-state index in [9.17, 15) is 8.42 Å². The number of rotatable bonds is 5. The number of thiophene rings is 1. The van der Waals surface area contributed by atoms with Crippen molar-refractivity contribution < 1.29 is 8.42 Å². The number of hydrogen-bond donors (Lipinski definition) is 1. The Morgan fingerprint density at radius 2 is 2.33 bits per heavy atom. The van der Waals surface area contributed by atoms with Crippen molar-refractivity contribution in [1.82, 2.24) is 5.32 Å². The van der Waals surface area contributed by atoms with Crippen molar-refractivity contribution in [3.63, 3.8) is 0 Å². The molecule has 1 aliphatic heterocycles. The van der Waals surface area contributed by atoms with Gasteiger partial charge in [0.15, 0.2) is 9.84 Å². The smallest absolute Gasteiger partial charge is 0.150 e. The molecule has 1 aliphatic rings. The van der Waals surface area contributed by atoms with Crippen molar-refractivity contribution in [3.05, 3.63) is 21.3 Å². The summed E-state index contributed by atoms with van der Waals surface area (Å²) < 4.78 is 23.7. The van der Waals surface area contributed by atoms with Crippen LogP contribution in [0.3, 0.4) is 0 Å². The third-order valence-electron chi connectivity index (χ3n) is 3.43. The van der Waals surface area contributed by atoms with Crippen molar-refractivity contribution in [3.8, 4) is 0 Å². The van der Waals surface area contributed by atoms with Crippen molar-refractivity contribution in [1.29, 1.82) is 0 Å². The normalized spacial score (nSPS) is 24.2. The number of hydrogen-bond acceptors (Lipinski definition) is 4. The van der Waals surface area contributed by atoms with Crippen LogP contribution in [-0.4, -0.2) is 33.0 Å². The van der Waals surface area contributed by atoms with E-state index in [1.54, 1.807) is 11.3 Å². The molecule has 2 rings (SSSR count). The topological polar surface area (TPSA) is 46.2 Å². The Morgan fingerprint density at radius 3 is 2.83 bits per heavy atom. The second kappa shape index (κ2) is 5.90. The van der Waals surface area contributed by atoms with Crippen molar-refractivity contribution in [2.24, 2.45) is 5.92 Å². The van der Waals surface area contributed by atoms with Gasteiger partial charge in [-0.1, -0.05) is 11.6 Å². The van der Waals surface area contributed by atoms with Crippen molar-refractivity contribution in [2.75, 3.05) is 18.6 Å². The van der Waals surface area contributed by atoms with Crippen LogP contribution in [0.1, 0.15) is 17.7 Å². The Kier molecular flexibility index (Phi) is 4.69. The zero-order valence-corrected chi connectivity index (χ0v) is 12.7. The number of likely N-dealkylation sites (N-methyl/N-ethyl adjacent to an activating group) is 1. The van der Waals surface area contributed by atoms with Crippen LogP contribution < -0.4 is 5.32 Å². The molecule has 3 nitrogen and oxygen atoms in total. The maximum absolute atomic E-state index is 11.4. The first kappa shape index (κ1) is 14.3. The molecule has 0 amide bonds. The predicted octanol–water partition coefficient (Wildman–Crippen LogP) is 2.36. The second-order valence-corrected chi connectivity index (χ2v) is 8.93. The molecular weight excluding hydrogens is 290 g/mol. The van der Waals surface area contributed by atoms with Gasteiger partial charge >= 0.3 is 0 Å². The van der Waals surface area contributed by atoms with Crippen molar-refractivity contribution >= 4 is 32.8 Å². The van der Waals surface area contributed by atoms with Crippen LogP contribution in [0.2, 0.25) is 4.34 Å². The van der Waals surface area contributed by atoms with Crippen LogP contribution in [0, 0.1) is 5.92 Å². The summed E-state index contributed by atoms with van der Waals surface area (Å²) in [6, 6.07) is 4.29. The Labute approximate surface area is 117 Å². The maximum atomic E-state index is 11.4. The number of halogens is 1. The monoisotopic (exact) mass is 307 g/mol. The molecule has 1 aromatic rings. The van der Waals surface area contributed by atoms with Gasteiger partial charge in [0.2, 0.25) is 0 Å². The van der Waals surface area contributed by atoms with Crippen LogP contribution in [0.5, 0.6) is 0 Å². The Bertz CT molecular complexity index is 498. The second-order valence-electron chi connectivity index (χ2n) is 4.90. The highest BCUT2D eigenvalue weighted by Gasteiger charge is 2.29. The van der Waals surface area contributed by atoms with E-state index in [-0.39, 0.29) is 0 Å². The summed E-state index contributed by atoms with van der Waals surface area (Å²) in [5, 5.41) is 3.28. The summed E-state index contributed by atoms with van der Waals surface area (Å²) >= 11 is 7.51. The minimum Gasteiger partial charge on any atom is -0.317 e. The molecule has 102 valence electrons. The van der Waals surface area contributed by atoms with Gasteiger partial charge in [-0.15, -0.1) is 11.3 Å². The quantitative estimate of drug-likeness (QED) is 0.908. The SMILES string of the molecule is CNC(Cc1ccc(Cl)s1)CC1CCS(=O)(=O)C1. The third-order valence-corrected chi connectivity index (χ3v) is 6.52. The Morgan fingerprint density at radius 1 is 1.56 bits per heavy atom. The molecular formula is C12H18ClNO2S2. The van der Waals surface area contributed by atoms with Gasteiger partial charge in [0.25, 0.3) is 0 Å². The molecule has 2 unspecified atom stereocenters. The summed E-state index contributed by atoms with van der Waals surface area (Å²) in [6.45, 7) is 0. The third kappa shape index (κ3) is 3.95. The fourth-order valence-corrected chi connectivity index (χ4v) is 5.52. The largest absolute Gasteiger partial charge is 0.317 e. The highest BCUT2D eigenvalue weighted by atomic mass is 35.5. The summed E-state index contributed by atoms with van der Waals surface area (Å²) in [7, 11) is -0.830. The lowest BCUT2D eigenvalue weighted by atomic mass is 9.97. The van der Waals surface area contributed by atoms with Crippen molar-refractivity contribution in [2.45, 2.75) is 25.3 Å². The van der Waals surface area contributed by atoms with E-state index in [1.165, 1.54) is 4.88 Å². The Balaban J connectivity index is 1.90. The van der Waals surface area contributed by atoms with E-state index in [2.05, 4.69) is 5.32 Å². The van der Waals surface area contributed by atoms with Gasteiger partial charge in [-0.3, -0.25) is 0 Å². The zero-order valence-electron chi connectivity index (χ0n) is 10.4. The average Bonchev–Trinajstić information content (AvgIpc) is 2.84. The molecule has 0 saturated carbocycles. The molecule has 1 aromatic heterocycles. The van der Waals surface area contributed by atoms with Gasteiger partial charge in [0.05, 0.1) is 15.8 Å². The minimum atomic E-state index is -2.76. The molecule has 2 atom stereocenters. The molecule has 2 heterocycles. The summed E-state index contributed by atoms with van der Waals surface area (Å²) in [4.78, 5) is 1.25. The van der Waals surface area contributed by atoms with E-state index in [4.69, 9.17) is 11.6 Å². The number of nitrogens with one attached hydrogen (secondary N) is 1. The van der Waals surface area contributed by atoms with Crippen LogP contribution in [0.25, 0.3) is 0 Å². The highest BCUT2D eigenvalue weighted by molar-refractivity contribution is 7.91. The van der Waals surface area contributed by atoms with Crippen LogP contribution in [0.4, 0.5) is 0 Å². The molecule has 18 heavy (non-hydrogen) atoms. The highest BCUT2D eigenvalue weighted by Crippen LogP contribution is 2.26. The van der Waals surface area contributed by atoms with E-state index in [0.717, 1.165) is 23.6 Å². The maximum Gasteiger partial charge on any atom is 0.150 e. The average molecular weight is 308 g/mol. The van der Waals surface area contributed by atoms with E-state index in [1.807, 2.05) is 19.2 Å². The minimum absolute atomic E-state index is 0.308. The van der Waals surface area contributed by atoms with Gasteiger partial charge < -0.3 is 5.32 Å². The van der Waals surface area contributed by atoms with Crippen LogP contribution >= 0.6 is 22.9 Å². The van der Waals surface area contributed by atoms with Gasteiger partial charge in [-0.2, -0.15) is 0 Å². The molecule has 1 fully saturated rings. The molecule has 1 saturated heterocycles. The summed E-state index contributed by atoms with van der Waals surface area (Å²) in [5.74, 6) is 1.03. The fraction of sp³-hybridized carbons (Fsp3) is 0.667. The van der Waals surface area contributed by atoms with Crippen LogP contribution in [0.15, 0.2) is 12.1 Å². The van der Waals surface area contributed by atoms with E-state index in [0.29, 0.717) is 23.5 Å². The lowest BCUT2D eigenvalue weighted by Crippen LogP contribution is -2.30. The van der Waals surface area contributed by atoms with E-state index < -0.39 is 9.84 Å². The summed E-state index contributed by atoms with van der Waals surface area (Å²) in [6.07, 6.45) is 2.65. The fourth-order valence-electron chi connectivity index (χ4n) is 2.47. The first-order valence-electron chi connectivity index (χ1n) is 6.10. The van der Waals surface area contributed by atoms with Gasteiger partial charge in [-0.05, 0) is 44.4 Å². The molecule has 0 radical (unpaired) electrons. The number of sulfone groups is 1. The first-order chi connectivity index (χ1) is 8.48. The molecule has 0 aromatic carbocycles. The van der Waals surface area contributed by atoms with Gasteiger partial charge in [-0.25, -0.2) is 8.42 Å². The molecule has 1 N–H and O–H groups in total. The lowest BCUT2D eigenvalue weighted by Gasteiger charge is -2.18. The summed E-state index contributed by atoms with van der Waals surface area (Å²) in [5.41, 5.74) is 0. The first-order valence-corrected chi connectivity index (χ1v) is 9.12. The van der Waals surface area contributed by atoms with Gasteiger partial charge in [0, 0.05) is 10.9 Å². The molecule has 6 heteroatoms. The molecule has 0 bridgehead atoms. The predicted molar refractivity (Wildman–Crippen MR) is 77.3 cm³/mol. The zero-order chi connectivity index (χ0) is 13.2. The molecule has 0 spiro atoms. The lowest BCUT2D eigenvalue weighted by molar-refractivity contribution is 0.425. The standard InChI is InChI=1S/C12H18ClNO2S2/c1-14-10(7-11-2-3-12(13)17-11)6-9-4-5-18(15,16)8-9/h2-3,9-10,14H,4-8H2,1H3. The van der Waals surface area contributed by atoms with Gasteiger partial charge in [0.1, 0.15) is 0 Å².